The molecule has 0 bridgehead atoms. The van der Waals surface area contributed by atoms with Crippen molar-refractivity contribution in [3.63, 3.8) is 0 Å². The van der Waals surface area contributed by atoms with E-state index in [9.17, 15) is 54.1 Å². The molecule has 0 spiro atoms. The number of carboxylic acid groups (broad SMARTS) is 2. The van der Waals surface area contributed by atoms with Crippen LogP contribution in [0.5, 0.6) is 0 Å². The van der Waals surface area contributed by atoms with Crippen molar-refractivity contribution in [1.29, 1.82) is 0 Å². The van der Waals surface area contributed by atoms with Crippen LogP contribution in [0.4, 0.5) is 11.4 Å². The van der Waals surface area contributed by atoms with Gasteiger partial charge in [0.05, 0.1) is 31.0 Å². The highest BCUT2D eigenvalue weighted by atomic mass is 35.5. The second-order valence-electron chi connectivity index (χ2n) is 12.9. The molecule has 0 saturated heterocycles. The van der Waals surface area contributed by atoms with Crippen LogP contribution in [0.15, 0.2) is 24.3 Å². The monoisotopic (exact) mass is 876 g/mol. The Morgan fingerprint density at radius 1 is 0.727 bits per heavy atom. The highest BCUT2D eigenvalue weighted by Gasteiger charge is 2.29. The number of hydrogen-bond donors (Lipinski definition) is 4. The summed E-state index contributed by atoms with van der Waals surface area (Å²) < 4.78 is 10.1. The molecule has 0 aliphatic carbocycles. The summed E-state index contributed by atoms with van der Waals surface area (Å²) in [5.41, 5.74) is 2.33. The zero-order valence-electron chi connectivity index (χ0n) is 29.9. The summed E-state index contributed by atoms with van der Waals surface area (Å²) in [6, 6.07) is 1.99. The Hall–Kier alpha value is -4.33. The minimum atomic E-state index is -1.45. The number of nitro groups is 2. The van der Waals surface area contributed by atoms with Gasteiger partial charge in [-0.05, 0) is 78.1 Å². The Morgan fingerprint density at radius 3 is 1.45 bits per heavy atom. The molecule has 2 aromatic rings. The molecular formula is C32H37Cl5N4O14. The minimum absolute atomic E-state index is 0.0133. The van der Waals surface area contributed by atoms with Crippen molar-refractivity contribution in [3.8, 4) is 0 Å². The third-order valence-corrected chi connectivity index (χ3v) is 7.60. The Balaban J connectivity index is 0.000000876. The molecule has 18 nitrogen and oxygen atoms in total. The number of aliphatic carboxylic acids is 2. The van der Waals surface area contributed by atoms with E-state index in [1.54, 1.807) is 41.5 Å². The zero-order chi connectivity index (χ0) is 43.2. The number of amides is 1. The van der Waals surface area contributed by atoms with Crippen LogP contribution in [-0.4, -0.2) is 78.4 Å². The van der Waals surface area contributed by atoms with Gasteiger partial charge in [-0.3, -0.25) is 44.2 Å². The molecule has 2 atom stereocenters. The van der Waals surface area contributed by atoms with Crippen LogP contribution < -0.4 is 11.1 Å². The van der Waals surface area contributed by atoms with Gasteiger partial charge in [-0.1, -0.05) is 46.4 Å². The molecule has 304 valence electrons. The molecule has 0 fully saturated rings. The molecule has 2 aromatic carbocycles. The highest BCUT2D eigenvalue weighted by Crippen LogP contribution is 2.34. The van der Waals surface area contributed by atoms with E-state index in [1.807, 2.05) is 0 Å². The van der Waals surface area contributed by atoms with Crippen LogP contribution in [0, 0.1) is 20.2 Å². The molecule has 55 heavy (non-hydrogen) atoms. The van der Waals surface area contributed by atoms with Crippen LogP contribution in [0.1, 0.15) is 87.9 Å². The van der Waals surface area contributed by atoms with Crippen molar-refractivity contribution in [1.82, 2.24) is 5.32 Å². The van der Waals surface area contributed by atoms with E-state index in [4.69, 9.17) is 78.3 Å². The average molecular weight is 879 g/mol. The summed E-state index contributed by atoms with van der Waals surface area (Å²) in [5.74, 6) is -4.56. The molecule has 0 unspecified atom stereocenters. The summed E-state index contributed by atoms with van der Waals surface area (Å²) >= 11 is 28.1. The predicted octanol–water partition coefficient (Wildman–Crippen LogP) is 7.01. The van der Waals surface area contributed by atoms with Crippen molar-refractivity contribution in [2.45, 2.75) is 90.5 Å². The maximum Gasteiger partial charge on any atom is 0.326 e. The van der Waals surface area contributed by atoms with Gasteiger partial charge in [0.2, 0.25) is 0 Å². The molecular weight excluding hydrogens is 842 g/mol. The van der Waals surface area contributed by atoms with Gasteiger partial charge in [0, 0.05) is 25.0 Å². The molecule has 0 saturated carbocycles. The quantitative estimate of drug-likeness (QED) is 0.0681. The zero-order valence-corrected chi connectivity index (χ0v) is 33.7. The van der Waals surface area contributed by atoms with Crippen molar-refractivity contribution in [3.05, 3.63) is 75.7 Å². The maximum absolute atomic E-state index is 12.4. The summed E-state index contributed by atoms with van der Waals surface area (Å²) in [7, 11) is 0. The molecule has 1 amide bonds. The van der Waals surface area contributed by atoms with Gasteiger partial charge in [-0.2, -0.15) is 0 Å². The highest BCUT2D eigenvalue weighted by molar-refractivity contribution is 6.70. The number of hydrogen-bond acceptors (Lipinski definition) is 13. The van der Waals surface area contributed by atoms with Gasteiger partial charge in [0.1, 0.15) is 33.3 Å². The second kappa shape index (κ2) is 22.3. The number of nitro benzene ring substituents is 2. The Labute approximate surface area is 338 Å². The Bertz CT molecular complexity index is 1800. The number of nitrogens with two attached hydrogens (primary N) is 1. The van der Waals surface area contributed by atoms with E-state index in [0.29, 0.717) is 0 Å². The minimum Gasteiger partial charge on any atom is -0.480 e. The number of carboxylic acids is 2. The van der Waals surface area contributed by atoms with E-state index in [2.05, 4.69) is 5.32 Å². The third kappa shape index (κ3) is 18.7. The van der Waals surface area contributed by atoms with Gasteiger partial charge < -0.3 is 30.7 Å². The largest absolute Gasteiger partial charge is 0.480 e. The number of carbonyl (C=O) groups excluding carboxylic acids is 4. The smallest absolute Gasteiger partial charge is 0.326 e. The van der Waals surface area contributed by atoms with Gasteiger partial charge in [-0.15, -0.1) is 0 Å². The average Bonchev–Trinajstić information content (AvgIpc) is 3.00. The molecule has 5 N–H and O–H groups in total. The van der Waals surface area contributed by atoms with Gasteiger partial charge >= 0.3 is 23.9 Å². The summed E-state index contributed by atoms with van der Waals surface area (Å²) in [4.78, 5) is 87.6. The summed E-state index contributed by atoms with van der Waals surface area (Å²) in [6.07, 6.45) is -0.375. The lowest BCUT2D eigenvalue weighted by molar-refractivity contribution is -0.384. The first kappa shape index (κ1) is 50.7. The number of benzene rings is 2. The molecule has 23 heteroatoms. The topological polar surface area (TPSA) is 286 Å². The number of rotatable bonds is 13. The lowest BCUT2D eigenvalue weighted by atomic mass is 10.1. The number of esters is 2. The van der Waals surface area contributed by atoms with Crippen molar-refractivity contribution >= 4 is 104 Å². The number of nitrogens with one attached hydrogen (secondary N) is 1. The summed E-state index contributed by atoms with van der Waals surface area (Å²) in [5, 5.41) is 39.2. The predicted molar refractivity (Wildman–Crippen MR) is 201 cm³/mol. The molecule has 0 aliphatic heterocycles. The van der Waals surface area contributed by atoms with Crippen molar-refractivity contribution in [2.24, 2.45) is 5.73 Å². The lowest BCUT2D eigenvalue weighted by Gasteiger charge is -2.20. The molecule has 2 rings (SSSR count). The van der Waals surface area contributed by atoms with E-state index in [-0.39, 0.29) is 46.3 Å². The fourth-order valence-electron chi connectivity index (χ4n) is 3.69. The van der Waals surface area contributed by atoms with Crippen LogP contribution in [0.25, 0.3) is 0 Å². The van der Waals surface area contributed by atoms with E-state index in [1.165, 1.54) is 6.07 Å². The fraction of sp³-hybridized carbons (Fsp3) is 0.438. The number of carbonyl (C=O) groups is 6. The number of nitrogens with zero attached hydrogens (tertiary/aromatic N) is 2. The van der Waals surface area contributed by atoms with Gasteiger partial charge in [-0.25, -0.2) is 4.79 Å². The lowest BCUT2D eigenvalue weighted by Crippen LogP contribution is -2.41. The first-order valence-electron chi connectivity index (χ1n) is 15.4. The Kier molecular flexibility index (Phi) is 20.5. The van der Waals surface area contributed by atoms with Crippen LogP contribution in [0.3, 0.4) is 0 Å². The van der Waals surface area contributed by atoms with Crippen molar-refractivity contribution in [2.75, 3.05) is 0 Å². The van der Waals surface area contributed by atoms with Gasteiger partial charge in [0.15, 0.2) is 0 Å². The molecule has 0 aromatic heterocycles. The molecule has 0 heterocycles. The number of ether oxygens (including phenoxy) is 2. The van der Waals surface area contributed by atoms with Gasteiger partial charge in [0.25, 0.3) is 22.5 Å². The maximum atomic E-state index is 12.4. The second-order valence-corrected chi connectivity index (χ2v) is 14.8. The SMILES string of the molecule is CC(C)(C)OC(=O)CC[C@H](N)C(=O)O.CC(C)(C)OC(=O)CC[C@H](NC(=O)c1c(Cl)ccc([N+](=O)[O-])c1Cl)C(=O)O.O=C(Cl)c1c(Cl)ccc([N+](=O)[O-])c1Cl. The first-order valence-corrected chi connectivity index (χ1v) is 17.3. The van der Waals surface area contributed by atoms with Crippen LogP contribution in [-0.2, 0) is 28.7 Å². The number of halogens is 5. The van der Waals surface area contributed by atoms with Crippen molar-refractivity contribution < 1.29 is 58.3 Å². The third-order valence-electron chi connectivity index (χ3n) is 6.02. The standard InChI is InChI=1S/C16H18Cl2N2O7.C9H17NO4.C7H2Cl3NO3/c1-16(2,3)27-11(21)7-5-9(15(23)24)19-14(22)12-8(17)4-6-10(13(12)18)20(25)26;1-9(2,3)14-7(11)5-4-6(10)8(12)13;8-3-1-2-4(11(13)14)6(9)5(3)7(10)12/h4,6,9H,5,7H2,1-3H3,(H,19,22)(H,23,24);6H,4-5,10H2,1-3H3,(H,12,13);1-2H/t9-;6-;/m00./s1. The Morgan fingerprint density at radius 2 is 1.11 bits per heavy atom. The van der Waals surface area contributed by atoms with E-state index >= 15 is 0 Å². The van der Waals surface area contributed by atoms with Crippen LogP contribution in [0.2, 0.25) is 20.1 Å². The fourth-order valence-corrected chi connectivity index (χ4v) is 5.20. The van der Waals surface area contributed by atoms with E-state index < -0.39 is 90.1 Å². The molecule has 0 radical (unpaired) electrons. The molecule has 0 aliphatic rings. The van der Waals surface area contributed by atoms with Crippen LogP contribution >= 0.6 is 58.0 Å². The van der Waals surface area contributed by atoms with E-state index in [0.717, 1.165) is 18.2 Å². The first-order chi connectivity index (χ1) is 25.0. The normalized spacial score (nSPS) is 11.9. The summed E-state index contributed by atoms with van der Waals surface area (Å²) in [6.45, 7) is 10.2.